The maximum Gasteiger partial charge on any atom is 0.281 e. The predicted molar refractivity (Wildman–Crippen MR) is 52.9 cm³/mol. The molecule has 0 saturated heterocycles. The molecule has 74 valence electrons. The van der Waals surface area contributed by atoms with E-state index in [2.05, 4.69) is 4.98 Å². The van der Waals surface area contributed by atoms with Gasteiger partial charge in [0.15, 0.2) is 0 Å². The lowest BCUT2D eigenvalue weighted by atomic mass is 10.1. The second kappa shape index (κ2) is 4.50. The van der Waals surface area contributed by atoms with Crippen molar-refractivity contribution in [3.05, 3.63) is 21.0 Å². The number of hydrogen-bond donors (Lipinski definition) is 1. The van der Waals surface area contributed by atoms with Crippen molar-refractivity contribution in [2.75, 3.05) is 0 Å². The van der Waals surface area contributed by atoms with Crippen LogP contribution in [0.2, 0.25) is 0 Å². The molecule has 1 aromatic rings. The van der Waals surface area contributed by atoms with Crippen molar-refractivity contribution in [2.45, 2.75) is 12.8 Å². The average Bonchev–Trinajstić information content (AvgIpc) is 2.11. The lowest BCUT2D eigenvalue weighted by Crippen LogP contribution is -1.99. The Labute approximate surface area is 92.5 Å². The van der Waals surface area contributed by atoms with Crippen LogP contribution in [0.3, 0.4) is 0 Å². The first kappa shape index (κ1) is 11.1. The molecule has 1 rings (SSSR count). The maximum atomic E-state index is 12.3. The van der Waals surface area contributed by atoms with Gasteiger partial charge >= 0.3 is 0 Å². The summed E-state index contributed by atoms with van der Waals surface area (Å²) < 4.78 is 24.8. The molecule has 0 atom stereocenters. The lowest BCUT2D eigenvalue weighted by Gasteiger charge is -2.07. The Bertz CT molecular complexity index is 390. The molecule has 0 aliphatic heterocycles. The predicted octanol–water partition coefficient (Wildman–Crippen LogP) is 2.40. The summed E-state index contributed by atoms with van der Waals surface area (Å²) in [6.45, 7) is 0. The number of nitrogens with zero attached hydrogens (tertiary/aromatic N) is 2. The van der Waals surface area contributed by atoms with Crippen LogP contribution in [-0.4, -0.2) is 10.1 Å². The van der Waals surface area contributed by atoms with Crippen LogP contribution in [0.4, 0.5) is 8.78 Å². The van der Waals surface area contributed by atoms with E-state index in [1.165, 1.54) is 0 Å². The number of hydrogen-bond acceptors (Lipinski definition) is 3. The topological polar surface area (TPSA) is 56.9 Å². The third-order valence-electron chi connectivity index (χ3n) is 1.59. The van der Waals surface area contributed by atoms with Crippen LogP contribution in [0.15, 0.2) is 6.20 Å². The maximum absolute atomic E-state index is 12.3. The highest BCUT2D eigenvalue weighted by Crippen LogP contribution is 2.29. The van der Waals surface area contributed by atoms with Gasteiger partial charge in [-0.2, -0.15) is 5.26 Å². The zero-order valence-corrected chi connectivity index (χ0v) is 8.99. The Kier molecular flexibility index (Phi) is 3.57. The molecule has 0 saturated carbocycles. The molecular formula is C8H5F2IN2O. The lowest BCUT2D eigenvalue weighted by molar-refractivity contribution is 0.144. The van der Waals surface area contributed by atoms with Gasteiger partial charge in [0.25, 0.3) is 6.43 Å². The third kappa shape index (κ3) is 2.09. The first-order valence-electron chi connectivity index (χ1n) is 3.59. The van der Waals surface area contributed by atoms with Gasteiger partial charge < -0.3 is 5.11 Å². The zero-order valence-electron chi connectivity index (χ0n) is 6.84. The van der Waals surface area contributed by atoms with Crippen LogP contribution in [0.1, 0.15) is 17.7 Å². The highest BCUT2D eigenvalue weighted by atomic mass is 127. The van der Waals surface area contributed by atoms with Gasteiger partial charge in [0.2, 0.25) is 0 Å². The standard InChI is InChI=1S/C8H5F2IN2O/c9-8(10)7-6(11)4(1-2-12)5(14)3-13-7/h3,8,14H,1H2. The Morgan fingerprint density at radius 2 is 2.29 bits per heavy atom. The molecule has 1 heterocycles. The Balaban J connectivity index is 3.27. The summed E-state index contributed by atoms with van der Waals surface area (Å²) in [7, 11) is 0. The summed E-state index contributed by atoms with van der Waals surface area (Å²) in [5.41, 5.74) is -0.188. The minimum atomic E-state index is -2.69. The van der Waals surface area contributed by atoms with Crippen molar-refractivity contribution in [1.82, 2.24) is 4.98 Å². The van der Waals surface area contributed by atoms with E-state index < -0.39 is 12.1 Å². The van der Waals surface area contributed by atoms with Crippen LogP contribution in [0, 0.1) is 14.9 Å². The van der Waals surface area contributed by atoms with Gasteiger partial charge in [-0.15, -0.1) is 0 Å². The minimum absolute atomic E-state index is 0.105. The van der Waals surface area contributed by atoms with E-state index in [1.807, 2.05) is 0 Å². The molecule has 0 aromatic carbocycles. The molecule has 14 heavy (non-hydrogen) atoms. The van der Waals surface area contributed by atoms with E-state index in [9.17, 15) is 13.9 Å². The average molecular weight is 310 g/mol. The van der Waals surface area contributed by atoms with Crippen molar-refractivity contribution >= 4 is 22.6 Å². The van der Waals surface area contributed by atoms with Gasteiger partial charge in [-0.05, 0) is 22.6 Å². The molecule has 1 N–H and O–H groups in total. The number of nitriles is 1. The summed E-state index contributed by atoms with van der Waals surface area (Å²) in [6, 6.07) is 1.79. The van der Waals surface area contributed by atoms with Crippen LogP contribution >= 0.6 is 22.6 Å². The van der Waals surface area contributed by atoms with E-state index in [0.29, 0.717) is 0 Å². The molecule has 1 aromatic heterocycles. The fourth-order valence-electron chi connectivity index (χ4n) is 0.932. The molecule has 0 radical (unpaired) electrons. The monoisotopic (exact) mass is 310 g/mol. The van der Waals surface area contributed by atoms with Gasteiger partial charge in [-0.3, -0.25) is 4.98 Å². The molecule has 0 aliphatic rings. The second-order valence-corrected chi connectivity index (χ2v) is 3.54. The molecule has 0 spiro atoms. The molecule has 6 heteroatoms. The van der Waals surface area contributed by atoms with E-state index in [0.717, 1.165) is 6.20 Å². The fraction of sp³-hybridized carbons (Fsp3) is 0.250. The number of pyridine rings is 1. The molecule has 3 nitrogen and oxygen atoms in total. The van der Waals surface area contributed by atoms with Crippen molar-refractivity contribution in [1.29, 1.82) is 5.26 Å². The van der Waals surface area contributed by atoms with Crippen LogP contribution < -0.4 is 0 Å². The normalized spacial score (nSPS) is 10.2. The van der Waals surface area contributed by atoms with Gasteiger partial charge in [-0.1, -0.05) is 0 Å². The quantitative estimate of drug-likeness (QED) is 0.853. The fourth-order valence-corrected chi connectivity index (χ4v) is 1.77. The summed E-state index contributed by atoms with van der Waals surface area (Å²) in [4.78, 5) is 3.40. The SMILES string of the molecule is N#CCc1c(O)cnc(C(F)F)c1I. The Morgan fingerprint density at radius 3 is 2.79 bits per heavy atom. The molecule has 0 fully saturated rings. The number of alkyl halides is 2. The zero-order chi connectivity index (χ0) is 10.7. The van der Waals surface area contributed by atoms with E-state index in [-0.39, 0.29) is 21.3 Å². The summed E-state index contributed by atoms with van der Waals surface area (Å²) in [5.74, 6) is -0.222. The number of rotatable bonds is 2. The smallest absolute Gasteiger partial charge is 0.281 e. The number of halogens is 3. The molecule has 0 aliphatic carbocycles. The van der Waals surface area contributed by atoms with Crippen LogP contribution in [0.25, 0.3) is 0 Å². The molecule has 0 bridgehead atoms. The summed E-state index contributed by atoms with van der Waals surface area (Å²) in [6.07, 6.45) is -1.86. The number of aromatic hydroxyl groups is 1. The third-order valence-corrected chi connectivity index (χ3v) is 2.79. The minimum Gasteiger partial charge on any atom is -0.506 e. The van der Waals surface area contributed by atoms with Crippen LogP contribution in [0.5, 0.6) is 5.75 Å². The van der Waals surface area contributed by atoms with Crippen molar-refractivity contribution in [3.8, 4) is 11.8 Å². The Morgan fingerprint density at radius 1 is 1.64 bits per heavy atom. The van der Waals surface area contributed by atoms with E-state index >= 15 is 0 Å². The highest BCUT2D eigenvalue weighted by molar-refractivity contribution is 14.1. The van der Waals surface area contributed by atoms with Crippen LogP contribution in [-0.2, 0) is 6.42 Å². The Hall–Kier alpha value is -0.970. The second-order valence-electron chi connectivity index (χ2n) is 2.46. The molecule has 0 amide bonds. The molecule has 0 unspecified atom stereocenters. The summed E-state index contributed by atoms with van der Waals surface area (Å²) >= 11 is 1.65. The van der Waals surface area contributed by atoms with Crippen molar-refractivity contribution in [3.63, 3.8) is 0 Å². The number of aromatic nitrogens is 1. The van der Waals surface area contributed by atoms with E-state index in [4.69, 9.17) is 5.26 Å². The largest absolute Gasteiger partial charge is 0.506 e. The summed E-state index contributed by atoms with van der Waals surface area (Å²) in [5, 5.41) is 17.7. The van der Waals surface area contributed by atoms with Crippen molar-refractivity contribution in [2.24, 2.45) is 0 Å². The van der Waals surface area contributed by atoms with Gasteiger partial charge in [0, 0.05) is 9.13 Å². The van der Waals surface area contributed by atoms with Gasteiger partial charge in [0.1, 0.15) is 11.4 Å². The first-order chi connectivity index (χ1) is 6.57. The van der Waals surface area contributed by atoms with Gasteiger partial charge in [-0.25, -0.2) is 8.78 Å². The van der Waals surface area contributed by atoms with E-state index in [1.54, 1.807) is 28.7 Å². The highest BCUT2D eigenvalue weighted by Gasteiger charge is 2.18. The first-order valence-corrected chi connectivity index (χ1v) is 4.67. The van der Waals surface area contributed by atoms with Crippen molar-refractivity contribution < 1.29 is 13.9 Å². The molecular weight excluding hydrogens is 305 g/mol. The van der Waals surface area contributed by atoms with Gasteiger partial charge in [0.05, 0.1) is 18.7 Å².